The maximum Gasteiger partial charge on any atom is 0.223 e. The summed E-state index contributed by atoms with van der Waals surface area (Å²) in [5.74, 6) is 1.14. The topological polar surface area (TPSA) is 53.7 Å². The Balaban J connectivity index is 1.95. The van der Waals surface area contributed by atoms with E-state index in [0.29, 0.717) is 13.0 Å². The first-order valence-corrected chi connectivity index (χ1v) is 5.63. The van der Waals surface area contributed by atoms with Gasteiger partial charge in [0, 0.05) is 38.0 Å². The smallest absolute Gasteiger partial charge is 0.223 e. The third-order valence-corrected chi connectivity index (χ3v) is 3.11. The van der Waals surface area contributed by atoms with Crippen molar-refractivity contribution in [2.75, 3.05) is 13.2 Å². The van der Waals surface area contributed by atoms with Gasteiger partial charge in [0.1, 0.15) is 5.76 Å². The summed E-state index contributed by atoms with van der Waals surface area (Å²) < 4.78 is 5.26. The Morgan fingerprint density at radius 3 is 3.06 bits per heavy atom. The van der Waals surface area contributed by atoms with Gasteiger partial charge >= 0.3 is 0 Å². The predicted molar refractivity (Wildman–Crippen MR) is 58.8 cm³/mol. The monoisotopic (exact) mass is 223 g/mol. The first-order valence-electron chi connectivity index (χ1n) is 5.63. The molecule has 1 aliphatic rings. The zero-order valence-corrected chi connectivity index (χ0v) is 9.43. The van der Waals surface area contributed by atoms with Crippen LogP contribution in [0.1, 0.15) is 19.1 Å². The molecule has 0 aromatic carbocycles. The molecule has 0 bridgehead atoms. The van der Waals surface area contributed by atoms with Crippen LogP contribution in [0, 0.1) is 5.92 Å². The minimum atomic E-state index is 0.0930. The minimum Gasteiger partial charge on any atom is -0.469 e. The van der Waals surface area contributed by atoms with Gasteiger partial charge in [-0.2, -0.15) is 0 Å². The van der Waals surface area contributed by atoms with Gasteiger partial charge in [-0.1, -0.05) is 0 Å². The molecule has 16 heavy (non-hydrogen) atoms. The Hall–Kier alpha value is -1.29. The van der Waals surface area contributed by atoms with Crippen LogP contribution in [-0.4, -0.2) is 35.1 Å². The summed E-state index contributed by atoms with van der Waals surface area (Å²) in [5, 5.41) is 9.04. The van der Waals surface area contributed by atoms with Crippen LogP contribution < -0.4 is 0 Å². The molecule has 1 N–H and O–H groups in total. The number of carbonyl (C=O) groups is 1. The molecule has 1 aromatic heterocycles. The van der Waals surface area contributed by atoms with Crippen LogP contribution in [0.2, 0.25) is 0 Å². The lowest BCUT2D eigenvalue weighted by molar-refractivity contribution is -0.129. The Labute approximate surface area is 94.9 Å². The lowest BCUT2D eigenvalue weighted by Gasteiger charge is -2.23. The van der Waals surface area contributed by atoms with Crippen LogP contribution in [0.5, 0.6) is 0 Å². The lowest BCUT2D eigenvalue weighted by Crippen LogP contribution is -2.36. The fourth-order valence-corrected chi connectivity index (χ4v) is 2.19. The van der Waals surface area contributed by atoms with Gasteiger partial charge in [-0.15, -0.1) is 0 Å². The molecule has 1 aliphatic heterocycles. The quantitative estimate of drug-likeness (QED) is 0.830. The Bertz CT molecular complexity index is 347. The molecule has 1 aromatic rings. The Morgan fingerprint density at radius 1 is 1.69 bits per heavy atom. The first-order chi connectivity index (χ1) is 7.70. The SMILES string of the molecule is CC(Cc1ccco1)N1CC(CO)CC1=O. The lowest BCUT2D eigenvalue weighted by atomic mass is 10.1. The van der Waals surface area contributed by atoms with E-state index in [9.17, 15) is 4.79 Å². The van der Waals surface area contributed by atoms with E-state index >= 15 is 0 Å². The molecule has 1 saturated heterocycles. The van der Waals surface area contributed by atoms with E-state index < -0.39 is 0 Å². The van der Waals surface area contributed by atoms with Gasteiger partial charge in [0.05, 0.1) is 6.26 Å². The van der Waals surface area contributed by atoms with E-state index in [4.69, 9.17) is 9.52 Å². The Morgan fingerprint density at radius 2 is 2.50 bits per heavy atom. The van der Waals surface area contributed by atoms with Crippen molar-refractivity contribution in [1.82, 2.24) is 4.90 Å². The molecule has 2 atom stereocenters. The normalized spacial score (nSPS) is 22.8. The fraction of sp³-hybridized carbons (Fsp3) is 0.583. The van der Waals surface area contributed by atoms with Crippen molar-refractivity contribution < 1.29 is 14.3 Å². The molecule has 0 radical (unpaired) electrons. The molecule has 2 heterocycles. The molecule has 4 heteroatoms. The minimum absolute atomic E-state index is 0.0930. The van der Waals surface area contributed by atoms with Crippen molar-refractivity contribution >= 4 is 5.91 Å². The van der Waals surface area contributed by atoms with Crippen molar-refractivity contribution in [3.05, 3.63) is 24.2 Å². The summed E-state index contributed by atoms with van der Waals surface area (Å²) in [5.41, 5.74) is 0. The second-order valence-electron chi connectivity index (χ2n) is 4.43. The van der Waals surface area contributed by atoms with E-state index in [-0.39, 0.29) is 24.5 Å². The maximum absolute atomic E-state index is 11.7. The summed E-state index contributed by atoms with van der Waals surface area (Å²) in [6.45, 7) is 2.77. The second kappa shape index (κ2) is 4.70. The number of furan rings is 1. The zero-order valence-electron chi connectivity index (χ0n) is 9.43. The van der Waals surface area contributed by atoms with Crippen molar-refractivity contribution in [3.63, 3.8) is 0 Å². The van der Waals surface area contributed by atoms with E-state index in [1.807, 2.05) is 24.0 Å². The summed E-state index contributed by atoms with van der Waals surface area (Å²) in [6.07, 6.45) is 2.85. The van der Waals surface area contributed by atoms with Crippen molar-refractivity contribution in [2.24, 2.45) is 5.92 Å². The van der Waals surface area contributed by atoms with Gasteiger partial charge in [-0.3, -0.25) is 4.79 Å². The van der Waals surface area contributed by atoms with Gasteiger partial charge < -0.3 is 14.4 Å². The molecule has 1 fully saturated rings. The highest BCUT2D eigenvalue weighted by atomic mass is 16.3. The molecule has 2 unspecified atom stereocenters. The summed E-state index contributed by atoms with van der Waals surface area (Å²) >= 11 is 0. The van der Waals surface area contributed by atoms with Crippen LogP contribution in [0.3, 0.4) is 0 Å². The third kappa shape index (κ3) is 2.27. The van der Waals surface area contributed by atoms with Crippen molar-refractivity contribution in [1.29, 1.82) is 0 Å². The maximum atomic E-state index is 11.7. The van der Waals surface area contributed by atoms with Crippen LogP contribution in [0.15, 0.2) is 22.8 Å². The number of nitrogens with zero attached hydrogens (tertiary/aromatic N) is 1. The number of aliphatic hydroxyl groups excluding tert-OH is 1. The van der Waals surface area contributed by atoms with Gasteiger partial charge in [-0.25, -0.2) is 0 Å². The largest absolute Gasteiger partial charge is 0.469 e. The molecule has 4 nitrogen and oxygen atoms in total. The van der Waals surface area contributed by atoms with E-state index in [1.165, 1.54) is 0 Å². The molecule has 0 saturated carbocycles. The van der Waals surface area contributed by atoms with Crippen LogP contribution in [0.4, 0.5) is 0 Å². The van der Waals surface area contributed by atoms with Crippen LogP contribution in [-0.2, 0) is 11.2 Å². The molecular formula is C12H17NO3. The average molecular weight is 223 g/mol. The highest BCUT2D eigenvalue weighted by molar-refractivity contribution is 5.79. The van der Waals surface area contributed by atoms with Gasteiger partial charge in [-0.05, 0) is 19.1 Å². The highest BCUT2D eigenvalue weighted by Crippen LogP contribution is 2.21. The highest BCUT2D eigenvalue weighted by Gasteiger charge is 2.32. The van der Waals surface area contributed by atoms with E-state index in [1.54, 1.807) is 6.26 Å². The number of amides is 1. The molecule has 1 amide bonds. The number of hydrogen-bond acceptors (Lipinski definition) is 3. The number of carbonyl (C=O) groups excluding carboxylic acids is 1. The van der Waals surface area contributed by atoms with Crippen molar-refractivity contribution in [2.45, 2.75) is 25.8 Å². The van der Waals surface area contributed by atoms with Crippen LogP contribution in [0.25, 0.3) is 0 Å². The first kappa shape index (κ1) is 11.2. The molecule has 0 aliphatic carbocycles. The fourth-order valence-electron chi connectivity index (χ4n) is 2.19. The summed E-state index contributed by atoms with van der Waals surface area (Å²) in [6, 6.07) is 3.90. The second-order valence-corrected chi connectivity index (χ2v) is 4.43. The van der Waals surface area contributed by atoms with E-state index in [2.05, 4.69) is 0 Å². The van der Waals surface area contributed by atoms with Gasteiger partial charge in [0.15, 0.2) is 0 Å². The average Bonchev–Trinajstić information content (AvgIpc) is 2.87. The zero-order chi connectivity index (χ0) is 11.5. The number of hydrogen-bond donors (Lipinski definition) is 1. The summed E-state index contributed by atoms with van der Waals surface area (Å²) in [7, 11) is 0. The number of aliphatic hydroxyl groups is 1. The van der Waals surface area contributed by atoms with Crippen LogP contribution >= 0.6 is 0 Å². The molecular weight excluding hydrogens is 206 g/mol. The standard InChI is InChI=1S/C12H17NO3/c1-9(5-11-3-2-4-16-11)13-7-10(8-14)6-12(13)15/h2-4,9-10,14H,5-8H2,1H3. The Kier molecular flexibility index (Phi) is 3.29. The molecule has 2 rings (SSSR count). The summed E-state index contributed by atoms with van der Waals surface area (Å²) in [4.78, 5) is 13.5. The van der Waals surface area contributed by atoms with Gasteiger partial charge in [0.25, 0.3) is 0 Å². The third-order valence-electron chi connectivity index (χ3n) is 3.11. The number of rotatable bonds is 4. The molecule has 88 valence electrons. The molecule has 0 spiro atoms. The van der Waals surface area contributed by atoms with Crippen molar-refractivity contribution in [3.8, 4) is 0 Å². The number of likely N-dealkylation sites (tertiary alicyclic amines) is 1. The van der Waals surface area contributed by atoms with Gasteiger partial charge in [0.2, 0.25) is 5.91 Å². The van der Waals surface area contributed by atoms with E-state index in [0.717, 1.165) is 12.2 Å². The predicted octanol–water partition coefficient (Wildman–Crippen LogP) is 1.05.